The van der Waals surface area contributed by atoms with Crippen LogP contribution in [0.15, 0.2) is 23.1 Å². The van der Waals surface area contributed by atoms with Gasteiger partial charge in [-0.25, -0.2) is 4.98 Å². The van der Waals surface area contributed by atoms with Crippen molar-refractivity contribution in [2.24, 2.45) is 11.8 Å². The van der Waals surface area contributed by atoms with Crippen molar-refractivity contribution in [1.82, 2.24) is 25.0 Å². The van der Waals surface area contributed by atoms with Gasteiger partial charge in [-0.05, 0) is 31.6 Å². The van der Waals surface area contributed by atoms with Gasteiger partial charge in [-0.15, -0.1) is 0 Å². The van der Waals surface area contributed by atoms with Gasteiger partial charge >= 0.3 is 0 Å². The molecule has 2 aromatic heterocycles. The molecule has 23 heavy (non-hydrogen) atoms. The summed E-state index contributed by atoms with van der Waals surface area (Å²) >= 11 is 0. The summed E-state index contributed by atoms with van der Waals surface area (Å²) in [5.74, 6) is 2.09. The highest BCUT2D eigenvalue weighted by Gasteiger charge is 2.35. The maximum absolute atomic E-state index is 12.2. The number of hydrogen-bond donors (Lipinski definition) is 0. The van der Waals surface area contributed by atoms with E-state index >= 15 is 0 Å². The summed E-state index contributed by atoms with van der Waals surface area (Å²) in [7, 11) is 0. The molecule has 0 spiro atoms. The second-order valence-electron chi connectivity index (χ2n) is 6.37. The molecule has 2 fully saturated rings. The van der Waals surface area contributed by atoms with E-state index in [1.165, 1.54) is 0 Å². The number of likely N-dealkylation sites (tertiary alicyclic amines) is 1. The van der Waals surface area contributed by atoms with E-state index in [4.69, 9.17) is 4.52 Å². The number of amides is 1. The van der Waals surface area contributed by atoms with E-state index in [0.29, 0.717) is 41.6 Å². The largest absolute Gasteiger partial charge is 0.342 e. The van der Waals surface area contributed by atoms with Gasteiger partial charge in [0.1, 0.15) is 5.69 Å². The molecule has 7 nitrogen and oxygen atoms in total. The SMILES string of the molecule is O=C(C1CC1)N1CCCC(Cc2nc(-c3cnccn3)no2)C1. The number of hydrogen-bond acceptors (Lipinski definition) is 6. The second-order valence-corrected chi connectivity index (χ2v) is 6.37. The first-order valence-electron chi connectivity index (χ1n) is 8.17. The number of carbonyl (C=O) groups is 1. The van der Waals surface area contributed by atoms with Crippen LogP contribution in [0.5, 0.6) is 0 Å². The molecular weight excluding hydrogens is 294 g/mol. The van der Waals surface area contributed by atoms with E-state index in [-0.39, 0.29) is 0 Å². The van der Waals surface area contributed by atoms with Crippen LogP contribution in [0.3, 0.4) is 0 Å². The van der Waals surface area contributed by atoms with Crippen LogP contribution in [0.25, 0.3) is 11.5 Å². The van der Waals surface area contributed by atoms with E-state index in [9.17, 15) is 4.79 Å². The minimum atomic E-state index is 0.292. The quantitative estimate of drug-likeness (QED) is 0.854. The minimum Gasteiger partial charge on any atom is -0.342 e. The molecule has 3 heterocycles. The highest BCUT2D eigenvalue weighted by molar-refractivity contribution is 5.81. The van der Waals surface area contributed by atoms with Crippen molar-refractivity contribution in [3.8, 4) is 11.5 Å². The lowest BCUT2D eigenvalue weighted by atomic mass is 9.94. The van der Waals surface area contributed by atoms with E-state index < -0.39 is 0 Å². The van der Waals surface area contributed by atoms with Crippen molar-refractivity contribution in [3.05, 3.63) is 24.5 Å². The van der Waals surface area contributed by atoms with E-state index in [1.807, 2.05) is 4.90 Å². The lowest BCUT2D eigenvalue weighted by Crippen LogP contribution is -2.41. The third-order valence-corrected chi connectivity index (χ3v) is 4.48. The van der Waals surface area contributed by atoms with Gasteiger partial charge in [0.2, 0.25) is 17.6 Å². The monoisotopic (exact) mass is 313 g/mol. The van der Waals surface area contributed by atoms with Crippen LogP contribution in [0, 0.1) is 11.8 Å². The third kappa shape index (κ3) is 3.23. The van der Waals surface area contributed by atoms with Gasteiger partial charge in [0.05, 0.1) is 6.20 Å². The molecule has 2 aliphatic rings. The normalized spacial score (nSPS) is 21.4. The molecular formula is C16H19N5O2. The summed E-state index contributed by atoms with van der Waals surface area (Å²) in [6, 6.07) is 0. The Bertz CT molecular complexity index is 683. The van der Waals surface area contributed by atoms with Crippen molar-refractivity contribution in [3.63, 3.8) is 0 Å². The zero-order chi connectivity index (χ0) is 15.6. The number of nitrogens with zero attached hydrogens (tertiary/aromatic N) is 5. The highest BCUT2D eigenvalue weighted by atomic mass is 16.5. The summed E-state index contributed by atoms with van der Waals surface area (Å²) in [5, 5.41) is 3.98. The molecule has 4 rings (SSSR count). The molecule has 0 radical (unpaired) electrons. The summed E-state index contributed by atoms with van der Waals surface area (Å²) in [4.78, 5) is 26.8. The Labute approximate surface area is 134 Å². The molecule has 0 bridgehead atoms. The summed E-state index contributed by atoms with van der Waals surface area (Å²) < 4.78 is 5.34. The van der Waals surface area contributed by atoms with Crippen LogP contribution < -0.4 is 0 Å². The number of rotatable bonds is 4. The molecule has 1 aliphatic carbocycles. The van der Waals surface area contributed by atoms with Crippen LogP contribution in [0.2, 0.25) is 0 Å². The molecule has 0 aromatic carbocycles. The number of aromatic nitrogens is 4. The van der Waals surface area contributed by atoms with Gasteiger partial charge < -0.3 is 9.42 Å². The Hall–Kier alpha value is -2.31. The molecule has 2 aromatic rings. The fourth-order valence-corrected chi connectivity index (χ4v) is 3.12. The van der Waals surface area contributed by atoms with Gasteiger partial charge in [0, 0.05) is 37.8 Å². The first-order chi connectivity index (χ1) is 11.3. The maximum atomic E-state index is 12.2. The molecule has 0 N–H and O–H groups in total. The maximum Gasteiger partial charge on any atom is 0.227 e. The Balaban J connectivity index is 1.40. The van der Waals surface area contributed by atoms with E-state index in [0.717, 1.165) is 38.8 Å². The van der Waals surface area contributed by atoms with Gasteiger partial charge in [0.15, 0.2) is 0 Å². The minimum absolute atomic E-state index is 0.292. The first-order valence-corrected chi connectivity index (χ1v) is 8.17. The molecule has 1 saturated carbocycles. The van der Waals surface area contributed by atoms with Crippen molar-refractivity contribution in [2.45, 2.75) is 32.1 Å². The number of piperidine rings is 1. The summed E-state index contributed by atoms with van der Waals surface area (Å²) in [6.07, 6.45) is 9.81. The van der Waals surface area contributed by atoms with Gasteiger partial charge in [0.25, 0.3) is 0 Å². The van der Waals surface area contributed by atoms with Crippen LogP contribution in [-0.4, -0.2) is 44.0 Å². The Kier molecular flexibility index (Phi) is 3.77. The summed E-state index contributed by atoms with van der Waals surface area (Å²) in [5.41, 5.74) is 0.608. The molecule has 120 valence electrons. The Morgan fingerprint density at radius 3 is 3.00 bits per heavy atom. The van der Waals surface area contributed by atoms with E-state index in [2.05, 4.69) is 20.1 Å². The Morgan fingerprint density at radius 2 is 2.22 bits per heavy atom. The average Bonchev–Trinajstić information content (AvgIpc) is 3.35. The third-order valence-electron chi connectivity index (χ3n) is 4.48. The van der Waals surface area contributed by atoms with Crippen molar-refractivity contribution in [1.29, 1.82) is 0 Å². The van der Waals surface area contributed by atoms with Crippen molar-refractivity contribution < 1.29 is 9.32 Å². The zero-order valence-electron chi connectivity index (χ0n) is 12.9. The van der Waals surface area contributed by atoms with Crippen LogP contribution in [0.1, 0.15) is 31.6 Å². The van der Waals surface area contributed by atoms with Crippen molar-refractivity contribution in [2.75, 3.05) is 13.1 Å². The zero-order valence-corrected chi connectivity index (χ0v) is 12.9. The lowest BCUT2D eigenvalue weighted by molar-refractivity contribution is -0.134. The highest BCUT2D eigenvalue weighted by Crippen LogP contribution is 2.33. The predicted octanol–water partition coefficient (Wildman–Crippen LogP) is 1.72. The van der Waals surface area contributed by atoms with Crippen LogP contribution >= 0.6 is 0 Å². The average molecular weight is 313 g/mol. The molecule has 1 amide bonds. The molecule has 7 heteroatoms. The molecule has 1 saturated heterocycles. The fraction of sp³-hybridized carbons (Fsp3) is 0.562. The van der Waals surface area contributed by atoms with Gasteiger partial charge in [-0.1, -0.05) is 5.16 Å². The lowest BCUT2D eigenvalue weighted by Gasteiger charge is -2.32. The first kappa shape index (κ1) is 14.3. The number of carbonyl (C=O) groups excluding carboxylic acids is 1. The smallest absolute Gasteiger partial charge is 0.227 e. The predicted molar refractivity (Wildman–Crippen MR) is 81.1 cm³/mol. The molecule has 1 atom stereocenters. The topological polar surface area (TPSA) is 85.0 Å². The van der Waals surface area contributed by atoms with Crippen LogP contribution in [0.4, 0.5) is 0 Å². The van der Waals surface area contributed by atoms with Crippen LogP contribution in [-0.2, 0) is 11.2 Å². The van der Waals surface area contributed by atoms with Gasteiger partial charge in [-0.2, -0.15) is 4.98 Å². The van der Waals surface area contributed by atoms with Crippen molar-refractivity contribution >= 4 is 5.91 Å². The Morgan fingerprint density at radius 1 is 1.30 bits per heavy atom. The van der Waals surface area contributed by atoms with E-state index in [1.54, 1.807) is 18.6 Å². The summed E-state index contributed by atoms with van der Waals surface area (Å²) in [6.45, 7) is 1.69. The van der Waals surface area contributed by atoms with Gasteiger partial charge in [-0.3, -0.25) is 9.78 Å². The standard InChI is InChI=1S/C16H19N5O2/c22-16(12-3-4-12)21-7-1-2-11(10-21)8-14-19-15(20-23-14)13-9-17-5-6-18-13/h5-6,9,11-12H,1-4,7-8,10H2. The molecule has 1 unspecified atom stereocenters. The second kappa shape index (κ2) is 6.06. The molecule has 1 aliphatic heterocycles. The fourth-order valence-electron chi connectivity index (χ4n) is 3.12.